The Morgan fingerprint density at radius 1 is 1.38 bits per heavy atom. The van der Waals surface area contributed by atoms with Crippen molar-refractivity contribution in [3.8, 4) is 5.75 Å². The number of hydrogen-bond acceptors (Lipinski definition) is 4. The van der Waals surface area contributed by atoms with E-state index in [1.54, 1.807) is 12.1 Å². The van der Waals surface area contributed by atoms with Crippen LogP contribution in [0.3, 0.4) is 0 Å². The second-order valence-electron chi connectivity index (χ2n) is 5.70. The first kappa shape index (κ1) is 15.6. The number of hydrogen-bond donors (Lipinski definition) is 1. The monoisotopic (exact) mass is 292 g/mol. The van der Waals surface area contributed by atoms with Crippen molar-refractivity contribution in [2.75, 3.05) is 11.9 Å². The zero-order valence-corrected chi connectivity index (χ0v) is 12.8. The van der Waals surface area contributed by atoms with E-state index in [9.17, 15) is 10.1 Å². The van der Waals surface area contributed by atoms with Crippen molar-refractivity contribution < 1.29 is 9.66 Å². The molecule has 5 nitrogen and oxygen atoms in total. The van der Waals surface area contributed by atoms with Crippen LogP contribution in [-0.2, 0) is 0 Å². The lowest BCUT2D eigenvalue weighted by atomic mass is 9.84. The number of ether oxygens (including phenoxy) is 1. The van der Waals surface area contributed by atoms with Crippen LogP contribution in [0.25, 0.3) is 0 Å². The number of rotatable bonds is 6. The van der Waals surface area contributed by atoms with E-state index in [4.69, 9.17) is 4.74 Å². The Morgan fingerprint density at radius 3 is 2.71 bits per heavy atom. The standard InChI is InChI=1S/C16H24N2O3/c1-3-21-16-11-14(9-10-15(16)18(19)20)17-12(2)13-7-5-4-6-8-13/h9-13,17H,3-8H2,1-2H3. The lowest BCUT2D eigenvalue weighted by Gasteiger charge is -2.29. The number of nitrogens with one attached hydrogen (secondary N) is 1. The van der Waals surface area contributed by atoms with E-state index < -0.39 is 4.92 Å². The van der Waals surface area contributed by atoms with Crippen molar-refractivity contribution in [2.45, 2.75) is 52.0 Å². The van der Waals surface area contributed by atoms with E-state index in [2.05, 4.69) is 12.2 Å². The van der Waals surface area contributed by atoms with Gasteiger partial charge in [0.25, 0.3) is 0 Å². The topological polar surface area (TPSA) is 64.4 Å². The van der Waals surface area contributed by atoms with Gasteiger partial charge in [-0.25, -0.2) is 0 Å². The van der Waals surface area contributed by atoms with Crippen LogP contribution >= 0.6 is 0 Å². The molecule has 116 valence electrons. The van der Waals surface area contributed by atoms with Gasteiger partial charge in [0.15, 0.2) is 5.75 Å². The van der Waals surface area contributed by atoms with E-state index >= 15 is 0 Å². The summed E-state index contributed by atoms with van der Waals surface area (Å²) in [5, 5.41) is 14.5. The molecule has 0 amide bonds. The van der Waals surface area contributed by atoms with Crippen molar-refractivity contribution in [2.24, 2.45) is 5.92 Å². The third-order valence-electron chi connectivity index (χ3n) is 4.21. The average Bonchev–Trinajstić information content (AvgIpc) is 2.48. The molecule has 1 atom stereocenters. The molecule has 21 heavy (non-hydrogen) atoms. The van der Waals surface area contributed by atoms with Gasteiger partial charge in [0.2, 0.25) is 0 Å². The summed E-state index contributed by atoms with van der Waals surface area (Å²) in [6.45, 7) is 4.44. The number of benzene rings is 1. The van der Waals surface area contributed by atoms with E-state index in [-0.39, 0.29) is 5.69 Å². The summed E-state index contributed by atoms with van der Waals surface area (Å²) in [7, 11) is 0. The van der Waals surface area contributed by atoms with Gasteiger partial charge >= 0.3 is 5.69 Å². The Kier molecular flexibility index (Phi) is 5.42. The summed E-state index contributed by atoms with van der Waals surface area (Å²) in [5.74, 6) is 1.02. The summed E-state index contributed by atoms with van der Waals surface area (Å²) in [4.78, 5) is 10.6. The fourth-order valence-corrected chi connectivity index (χ4v) is 3.04. The number of anilines is 1. The third-order valence-corrected chi connectivity index (χ3v) is 4.21. The Hall–Kier alpha value is -1.78. The molecule has 0 saturated heterocycles. The highest BCUT2D eigenvalue weighted by atomic mass is 16.6. The Labute approximate surface area is 125 Å². The predicted octanol–water partition coefficient (Wildman–Crippen LogP) is 4.37. The van der Waals surface area contributed by atoms with Crippen molar-refractivity contribution in [1.29, 1.82) is 0 Å². The van der Waals surface area contributed by atoms with Crippen molar-refractivity contribution in [3.63, 3.8) is 0 Å². The van der Waals surface area contributed by atoms with Crippen LogP contribution in [0.15, 0.2) is 18.2 Å². The van der Waals surface area contributed by atoms with Gasteiger partial charge in [-0.3, -0.25) is 10.1 Å². The quantitative estimate of drug-likeness (QED) is 0.624. The molecule has 1 aromatic carbocycles. The largest absolute Gasteiger partial charge is 0.487 e. The molecule has 1 aliphatic rings. The van der Waals surface area contributed by atoms with Crippen LogP contribution in [0.1, 0.15) is 46.0 Å². The molecule has 1 saturated carbocycles. The van der Waals surface area contributed by atoms with E-state index in [1.807, 2.05) is 6.92 Å². The molecule has 0 heterocycles. The Balaban J connectivity index is 2.08. The molecule has 1 N–H and O–H groups in total. The molecule has 0 radical (unpaired) electrons. The highest BCUT2D eigenvalue weighted by Crippen LogP contribution is 2.32. The Bertz CT molecular complexity index is 484. The zero-order valence-electron chi connectivity index (χ0n) is 12.8. The van der Waals surface area contributed by atoms with Crippen LogP contribution in [0, 0.1) is 16.0 Å². The van der Waals surface area contributed by atoms with Crippen LogP contribution in [-0.4, -0.2) is 17.6 Å². The lowest BCUT2D eigenvalue weighted by Crippen LogP contribution is -2.27. The first-order valence-corrected chi connectivity index (χ1v) is 7.79. The summed E-state index contributed by atoms with van der Waals surface area (Å²) >= 11 is 0. The van der Waals surface area contributed by atoms with Crippen molar-refractivity contribution >= 4 is 11.4 Å². The molecule has 2 rings (SSSR count). The fraction of sp³-hybridized carbons (Fsp3) is 0.625. The fourth-order valence-electron chi connectivity index (χ4n) is 3.04. The smallest absolute Gasteiger partial charge is 0.311 e. The minimum Gasteiger partial charge on any atom is -0.487 e. The minimum absolute atomic E-state index is 0.0210. The van der Waals surface area contributed by atoms with Crippen LogP contribution in [0.5, 0.6) is 5.75 Å². The third kappa shape index (κ3) is 4.09. The molecule has 0 spiro atoms. The van der Waals surface area contributed by atoms with Crippen LogP contribution in [0.4, 0.5) is 11.4 Å². The van der Waals surface area contributed by atoms with E-state index in [1.165, 1.54) is 38.2 Å². The highest BCUT2D eigenvalue weighted by molar-refractivity contribution is 5.58. The first-order valence-electron chi connectivity index (χ1n) is 7.79. The van der Waals surface area contributed by atoms with Gasteiger partial charge in [-0.1, -0.05) is 19.3 Å². The van der Waals surface area contributed by atoms with Crippen LogP contribution in [0.2, 0.25) is 0 Å². The zero-order chi connectivity index (χ0) is 15.2. The van der Waals surface area contributed by atoms with E-state index in [0.717, 1.165) is 5.69 Å². The molecule has 1 aliphatic carbocycles. The molecule has 5 heteroatoms. The maximum Gasteiger partial charge on any atom is 0.311 e. The molecule has 1 fully saturated rings. The molecular formula is C16H24N2O3. The summed E-state index contributed by atoms with van der Waals surface area (Å²) < 4.78 is 5.38. The number of nitro groups is 1. The van der Waals surface area contributed by atoms with Gasteiger partial charge in [0, 0.05) is 23.9 Å². The van der Waals surface area contributed by atoms with Gasteiger partial charge in [-0.15, -0.1) is 0 Å². The van der Waals surface area contributed by atoms with E-state index in [0.29, 0.717) is 24.3 Å². The summed E-state index contributed by atoms with van der Waals surface area (Å²) in [5.41, 5.74) is 0.912. The van der Waals surface area contributed by atoms with Gasteiger partial charge in [-0.05, 0) is 38.7 Å². The summed E-state index contributed by atoms with van der Waals surface area (Å²) in [6.07, 6.45) is 6.48. The highest BCUT2D eigenvalue weighted by Gasteiger charge is 2.21. The second-order valence-corrected chi connectivity index (χ2v) is 5.70. The maximum absolute atomic E-state index is 11.0. The number of nitrogens with zero attached hydrogens (tertiary/aromatic N) is 1. The maximum atomic E-state index is 11.0. The van der Waals surface area contributed by atoms with Gasteiger partial charge < -0.3 is 10.1 Å². The summed E-state index contributed by atoms with van der Waals surface area (Å²) in [6, 6.07) is 5.39. The number of nitro benzene ring substituents is 1. The van der Waals surface area contributed by atoms with Crippen LogP contribution < -0.4 is 10.1 Å². The molecule has 0 bridgehead atoms. The van der Waals surface area contributed by atoms with Crippen molar-refractivity contribution in [1.82, 2.24) is 0 Å². The predicted molar refractivity (Wildman–Crippen MR) is 83.9 cm³/mol. The Morgan fingerprint density at radius 2 is 2.10 bits per heavy atom. The first-order chi connectivity index (χ1) is 10.1. The van der Waals surface area contributed by atoms with Gasteiger partial charge in [0.1, 0.15) is 0 Å². The molecule has 0 aromatic heterocycles. The minimum atomic E-state index is -0.403. The average molecular weight is 292 g/mol. The van der Waals surface area contributed by atoms with Gasteiger partial charge in [0.05, 0.1) is 11.5 Å². The molecule has 1 unspecified atom stereocenters. The SMILES string of the molecule is CCOc1cc(NC(C)C2CCCCC2)ccc1[N+](=O)[O-]. The molecule has 0 aliphatic heterocycles. The normalized spacial score (nSPS) is 17.2. The van der Waals surface area contributed by atoms with Gasteiger partial charge in [-0.2, -0.15) is 0 Å². The van der Waals surface area contributed by atoms with Crippen molar-refractivity contribution in [3.05, 3.63) is 28.3 Å². The lowest BCUT2D eigenvalue weighted by molar-refractivity contribution is -0.385. The second kappa shape index (κ2) is 7.29. The molecular weight excluding hydrogens is 268 g/mol. The molecule has 1 aromatic rings.